The van der Waals surface area contributed by atoms with Gasteiger partial charge in [0, 0.05) is 0 Å². The second-order valence-electron chi connectivity index (χ2n) is 4.57. The molecule has 0 fully saturated rings. The Morgan fingerprint density at radius 3 is 1.79 bits per heavy atom. The summed E-state index contributed by atoms with van der Waals surface area (Å²) in [5.74, 6) is 0.931. The largest absolute Gasteiger partial charge is 0.474 e. The molecule has 0 amide bonds. The van der Waals surface area contributed by atoms with Crippen LogP contribution in [-0.2, 0) is 0 Å². The standard InChI is InChI=1S/C14H21N3O2/c1-6-9(3)18-13-11(5)14(19-10(4)7-2)17-12(8-15)16-13/h9-10H,6-7H2,1-5H3. The summed E-state index contributed by atoms with van der Waals surface area (Å²) in [5.41, 5.74) is 0.736. The second kappa shape index (κ2) is 6.93. The van der Waals surface area contributed by atoms with Crippen molar-refractivity contribution in [3.05, 3.63) is 11.4 Å². The van der Waals surface area contributed by atoms with Gasteiger partial charge in [0.15, 0.2) is 0 Å². The van der Waals surface area contributed by atoms with Gasteiger partial charge >= 0.3 is 0 Å². The van der Waals surface area contributed by atoms with Gasteiger partial charge < -0.3 is 9.47 Å². The van der Waals surface area contributed by atoms with Gasteiger partial charge in [-0.15, -0.1) is 0 Å². The number of rotatable bonds is 6. The predicted molar refractivity (Wildman–Crippen MR) is 72.2 cm³/mol. The van der Waals surface area contributed by atoms with Crippen LogP contribution in [0, 0.1) is 18.3 Å². The van der Waals surface area contributed by atoms with E-state index in [1.54, 1.807) is 0 Å². The van der Waals surface area contributed by atoms with Crippen LogP contribution in [0.2, 0.25) is 0 Å². The van der Waals surface area contributed by atoms with E-state index in [1.165, 1.54) is 0 Å². The first-order valence-corrected chi connectivity index (χ1v) is 6.63. The van der Waals surface area contributed by atoms with E-state index in [0.717, 1.165) is 18.4 Å². The molecule has 0 aliphatic rings. The zero-order valence-corrected chi connectivity index (χ0v) is 12.2. The van der Waals surface area contributed by atoms with Crippen molar-refractivity contribution >= 4 is 0 Å². The third-order valence-electron chi connectivity index (χ3n) is 2.93. The molecule has 0 radical (unpaired) electrons. The molecular weight excluding hydrogens is 242 g/mol. The molecule has 0 saturated heterocycles. The molecule has 1 aromatic rings. The van der Waals surface area contributed by atoms with Gasteiger partial charge in [-0.25, -0.2) is 0 Å². The maximum atomic E-state index is 8.97. The van der Waals surface area contributed by atoms with Gasteiger partial charge in [-0.2, -0.15) is 15.2 Å². The fourth-order valence-corrected chi connectivity index (χ4v) is 1.30. The molecule has 5 heteroatoms. The first kappa shape index (κ1) is 15.2. The van der Waals surface area contributed by atoms with Crippen LogP contribution in [0.25, 0.3) is 0 Å². The minimum absolute atomic E-state index is 0.0385. The van der Waals surface area contributed by atoms with Gasteiger partial charge in [0.1, 0.15) is 6.07 Å². The number of hydrogen-bond acceptors (Lipinski definition) is 5. The summed E-state index contributed by atoms with van der Waals surface area (Å²) < 4.78 is 11.4. The summed E-state index contributed by atoms with van der Waals surface area (Å²) in [6.07, 6.45) is 1.81. The lowest BCUT2D eigenvalue weighted by Gasteiger charge is -2.17. The average Bonchev–Trinajstić information content (AvgIpc) is 2.42. The van der Waals surface area contributed by atoms with Gasteiger partial charge in [-0.3, -0.25) is 0 Å². The van der Waals surface area contributed by atoms with Crippen LogP contribution >= 0.6 is 0 Å². The van der Waals surface area contributed by atoms with Crippen LogP contribution in [-0.4, -0.2) is 22.2 Å². The van der Waals surface area contributed by atoms with Crippen molar-refractivity contribution in [3.8, 4) is 17.8 Å². The van der Waals surface area contributed by atoms with Crippen molar-refractivity contribution in [1.82, 2.24) is 9.97 Å². The fraction of sp³-hybridized carbons (Fsp3) is 0.643. The minimum atomic E-state index is 0.0385. The Hall–Kier alpha value is -1.83. The number of nitrogens with zero attached hydrogens (tertiary/aromatic N) is 3. The van der Waals surface area contributed by atoms with E-state index in [-0.39, 0.29) is 18.0 Å². The molecule has 1 heterocycles. The van der Waals surface area contributed by atoms with Crippen LogP contribution in [0.5, 0.6) is 11.8 Å². The Balaban J connectivity index is 3.10. The monoisotopic (exact) mass is 263 g/mol. The molecule has 0 bridgehead atoms. The molecule has 0 N–H and O–H groups in total. The molecule has 1 aromatic heterocycles. The quantitative estimate of drug-likeness (QED) is 0.789. The molecular formula is C14H21N3O2. The molecule has 0 aromatic carbocycles. The Morgan fingerprint density at radius 2 is 1.47 bits per heavy atom. The van der Waals surface area contributed by atoms with Gasteiger partial charge in [0.25, 0.3) is 0 Å². The van der Waals surface area contributed by atoms with Crippen molar-refractivity contribution in [2.45, 2.75) is 59.7 Å². The van der Waals surface area contributed by atoms with Gasteiger partial charge in [0.2, 0.25) is 17.6 Å². The van der Waals surface area contributed by atoms with Crippen LogP contribution in [0.15, 0.2) is 0 Å². The molecule has 2 unspecified atom stereocenters. The van der Waals surface area contributed by atoms with Crippen molar-refractivity contribution in [2.24, 2.45) is 0 Å². The van der Waals surface area contributed by atoms with Crippen LogP contribution in [0.3, 0.4) is 0 Å². The zero-order chi connectivity index (χ0) is 14.4. The van der Waals surface area contributed by atoms with E-state index in [4.69, 9.17) is 14.7 Å². The topological polar surface area (TPSA) is 68.0 Å². The minimum Gasteiger partial charge on any atom is -0.474 e. The summed E-state index contributed by atoms with van der Waals surface area (Å²) in [5, 5.41) is 8.97. The summed E-state index contributed by atoms with van der Waals surface area (Å²) >= 11 is 0. The number of aromatic nitrogens is 2. The maximum absolute atomic E-state index is 8.97. The summed E-state index contributed by atoms with van der Waals surface area (Å²) in [6, 6.07) is 1.94. The second-order valence-corrected chi connectivity index (χ2v) is 4.57. The molecule has 0 saturated carbocycles. The van der Waals surface area contributed by atoms with Crippen LogP contribution < -0.4 is 9.47 Å². The van der Waals surface area contributed by atoms with Crippen molar-refractivity contribution in [1.29, 1.82) is 5.26 Å². The van der Waals surface area contributed by atoms with Gasteiger partial charge in [0.05, 0.1) is 17.8 Å². The average molecular weight is 263 g/mol. The number of hydrogen-bond donors (Lipinski definition) is 0. The highest BCUT2D eigenvalue weighted by Gasteiger charge is 2.16. The fourth-order valence-electron chi connectivity index (χ4n) is 1.30. The number of ether oxygens (including phenoxy) is 2. The van der Waals surface area contributed by atoms with Crippen LogP contribution in [0.1, 0.15) is 51.9 Å². The first-order valence-electron chi connectivity index (χ1n) is 6.63. The summed E-state index contributed by atoms with van der Waals surface area (Å²) in [4.78, 5) is 8.20. The highest BCUT2D eigenvalue weighted by Crippen LogP contribution is 2.26. The van der Waals surface area contributed by atoms with Crippen molar-refractivity contribution < 1.29 is 9.47 Å². The van der Waals surface area contributed by atoms with Crippen LogP contribution in [0.4, 0.5) is 0 Å². The van der Waals surface area contributed by atoms with E-state index >= 15 is 0 Å². The first-order chi connectivity index (χ1) is 9.01. The highest BCUT2D eigenvalue weighted by atomic mass is 16.5. The summed E-state index contributed by atoms with van der Waals surface area (Å²) in [6.45, 7) is 9.83. The lowest BCUT2D eigenvalue weighted by atomic mass is 10.3. The Bertz CT molecular complexity index is 435. The lowest BCUT2D eigenvalue weighted by Crippen LogP contribution is -2.16. The van der Waals surface area contributed by atoms with Gasteiger partial charge in [-0.05, 0) is 33.6 Å². The van der Waals surface area contributed by atoms with E-state index in [1.807, 2.05) is 40.7 Å². The smallest absolute Gasteiger partial charge is 0.238 e. The van der Waals surface area contributed by atoms with E-state index in [0.29, 0.717) is 11.8 Å². The molecule has 2 atom stereocenters. The van der Waals surface area contributed by atoms with Crippen molar-refractivity contribution in [3.63, 3.8) is 0 Å². The third-order valence-corrected chi connectivity index (χ3v) is 2.93. The van der Waals surface area contributed by atoms with Crippen molar-refractivity contribution in [2.75, 3.05) is 0 Å². The predicted octanol–water partition coefficient (Wildman–Crippen LogP) is 3.01. The SMILES string of the molecule is CCC(C)Oc1nc(C#N)nc(OC(C)CC)c1C. The Kier molecular flexibility index (Phi) is 5.56. The highest BCUT2D eigenvalue weighted by molar-refractivity contribution is 5.36. The van der Waals surface area contributed by atoms with E-state index in [2.05, 4.69) is 9.97 Å². The zero-order valence-electron chi connectivity index (χ0n) is 12.2. The normalized spacial score (nSPS) is 13.5. The van der Waals surface area contributed by atoms with E-state index in [9.17, 15) is 0 Å². The third kappa shape index (κ3) is 4.09. The number of nitriles is 1. The van der Waals surface area contributed by atoms with E-state index < -0.39 is 0 Å². The lowest BCUT2D eigenvalue weighted by molar-refractivity contribution is 0.190. The maximum Gasteiger partial charge on any atom is 0.238 e. The summed E-state index contributed by atoms with van der Waals surface area (Å²) in [7, 11) is 0. The molecule has 5 nitrogen and oxygen atoms in total. The molecule has 0 spiro atoms. The molecule has 0 aliphatic carbocycles. The molecule has 104 valence electrons. The molecule has 19 heavy (non-hydrogen) atoms. The molecule has 0 aliphatic heterocycles. The Labute approximate surface area is 114 Å². The Morgan fingerprint density at radius 1 is 1.05 bits per heavy atom. The van der Waals surface area contributed by atoms with Gasteiger partial charge in [-0.1, -0.05) is 13.8 Å². The molecule has 1 rings (SSSR count).